The first kappa shape index (κ1) is 68.8. The number of guanidine groups is 1. The number of primary amides is 2. The van der Waals surface area contributed by atoms with E-state index in [-0.39, 0.29) is 56.9 Å². The smallest absolute Gasteiger partial charge is 0.326 e. The topological polar surface area (TPSA) is 545 Å². The van der Waals surface area contributed by atoms with Crippen molar-refractivity contribution in [3.05, 3.63) is 35.9 Å². The molecule has 0 aromatic heterocycles. The predicted octanol–water partition coefficient (Wildman–Crippen LogP) is -9.07. The molecule has 0 fully saturated rings. The van der Waals surface area contributed by atoms with E-state index < -0.39 is 170 Å². The first-order valence-corrected chi connectivity index (χ1v) is 25.2. The van der Waals surface area contributed by atoms with Crippen molar-refractivity contribution in [1.29, 1.82) is 0 Å². The van der Waals surface area contributed by atoms with Crippen LogP contribution in [0.3, 0.4) is 0 Å². The lowest BCUT2D eigenvalue weighted by Crippen LogP contribution is -2.60. The van der Waals surface area contributed by atoms with Crippen LogP contribution in [0.2, 0.25) is 0 Å². The number of carbonyl (C=O) groups excluding carboxylic acids is 12. The zero-order valence-corrected chi connectivity index (χ0v) is 44.7. The van der Waals surface area contributed by atoms with Crippen LogP contribution < -0.4 is 81.8 Å². The Morgan fingerprint density at radius 1 is 0.544 bits per heavy atom. The number of amides is 12. The molecule has 0 bridgehead atoms. The Morgan fingerprint density at radius 3 is 1.49 bits per heavy atom. The summed E-state index contributed by atoms with van der Waals surface area (Å²) in [5.74, 6) is -14.3. The Bertz CT molecular complexity index is 2320. The van der Waals surface area contributed by atoms with Crippen LogP contribution >= 0.6 is 12.6 Å². The van der Waals surface area contributed by atoms with Crippen molar-refractivity contribution < 1.29 is 77.6 Å². The summed E-state index contributed by atoms with van der Waals surface area (Å²) >= 11 is 4.08. The molecule has 0 saturated heterocycles. The molecule has 0 radical (unpaired) electrons. The number of thiol groups is 1. The number of aliphatic hydroxyl groups excluding tert-OH is 2. The second-order valence-electron chi connectivity index (χ2n) is 18.2. The van der Waals surface area contributed by atoms with Gasteiger partial charge in [-0.1, -0.05) is 44.2 Å². The number of carbonyl (C=O) groups is 13. The molecule has 440 valence electrons. The fourth-order valence-corrected chi connectivity index (χ4v) is 7.06. The summed E-state index contributed by atoms with van der Waals surface area (Å²) in [6, 6.07) is -5.34. The molecule has 1 aromatic carbocycles. The number of nitrogens with zero attached hydrogens (tertiary/aromatic N) is 1. The molecule has 9 atom stereocenters. The largest absolute Gasteiger partial charge is 0.480 e. The first-order valence-electron chi connectivity index (χ1n) is 24.6. The van der Waals surface area contributed by atoms with Crippen LogP contribution in [-0.2, 0) is 68.7 Å². The summed E-state index contributed by atoms with van der Waals surface area (Å²) in [5, 5.41) is 52.6. The van der Waals surface area contributed by atoms with E-state index in [9.17, 15) is 77.6 Å². The highest BCUT2D eigenvalue weighted by atomic mass is 32.1. The zero-order valence-electron chi connectivity index (χ0n) is 43.8. The molecule has 0 unspecified atom stereocenters. The highest BCUT2D eigenvalue weighted by molar-refractivity contribution is 7.80. The number of aliphatic hydroxyl groups is 2. The average molecular weight is 1140 g/mol. The van der Waals surface area contributed by atoms with Gasteiger partial charge in [0.1, 0.15) is 48.3 Å². The van der Waals surface area contributed by atoms with Crippen LogP contribution in [0.15, 0.2) is 35.3 Å². The summed E-state index contributed by atoms with van der Waals surface area (Å²) in [6.45, 7) is 1.16. The molecular weight excluding hydrogens is 1060 g/mol. The molecule has 23 N–H and O–H groups in total. The maximum atomic E-state index is 13.5. The van der Waals surface area contributed by atoms with Gasteiger partial charge < -0.3 is 97.2 Å². The first-order chi connectivity index (χ1) is 37.1. The quantitative estimate of drug-likeness (QED) is 0.0127. The van der Waals surface area contributed by atoms with E-state index in [0.29, 0.717) is 5.56 Å². The summed E-state index contributed by atoms with van der Waals surface area (Å²) in [5.41, 5.74) is 27.2. The Balaban J connectivity index is 3.04. The fraction of sp³-hybridized carbons (Fsp3) is 0.565. The minimum absolute atomic E-state index is 0.00649. The van der Waals surface area contributed by atoms with Gasteiger partial charge in [0, 0.05) is 25.1 Å². The molecule has 1 aromatic rings. The summed E-state index contributed by atoms with van der Waals surface area (Å²) in [4.78, 5) is 170. The van der Waals surface area contributed by atoms with Crippen molar-refractivity contribution in [3.8, 4) is 0 Å². The van der Waals surface area contributed by atoms with Gasteiger partial charge in [-0.25, -0.2) is 4.79 Å². The number of nitrogens with one attached hydrogen (secondary N) is 10. The van der Waals surface area contributed by atoms with Gasteiger partial charge >= 0.3 is 5.97 Å². The molecular formula is C46H74N16O16S. The van der Waals surface area contributed by atoms with Crippen molar-refractivity contribution in [1.82, 2.24) is 53.2 Å². The second-order valence-corrected chi connectivity index (χ2v) is 18.5. The molecule has 33 heteroatoms. The lowest BCUT2D eigenvalue weighted by molar-refractivity contribution is -0.142. The van der Waals surface area contributed by atoms with Gasteiger partial charge in [0.25, 0.3) is 0 Å². The van der Waals surface area contributed by atoms with Crippen LogP contribution in [0.4, 0.5) is 0 Å². The van der Waals surface area contributed by atoms with Crippen molar-refractivity contribution in [2.45, 2.75) is 120 Å². The number of nitrogens with two attached hydrogens (primary N) is 5. The molecule has 0 spiro atoms. The fourth-order valence-electron chi connectivity index (χ4n) is 6.81. The standard InChI is InChI=1S/C46H74N16O16S/c1-22(2)14-27(55-35(67)17-54-39(71)30(19-63)61-40(72)25(11-12-33(48)65)57-37(69)23(3)47)38(70)53-18-36(68)56-32(21-79)44(76)60-29(16-34(49)66)42(74)62-31(20-64)43(75)59-28(15-24-8-5-4-6-9-24)41(73)58-26(45(77)78)10-7-13-52-46(50)51/h4-6,8-9,22-23,25-32,63-64,79H,7,10-21,47H2,1-3H3,(H2,48,65)(H2,49,66)(H,53,70)(H,54,71)(H,55,67)(H,56,68)(H,57,69)(H,58,73)(H,59,75)(H,60,76)(H,61,72)(H,62,74)(H,77,78)(H4,50,51,52)/t23-,25-,26-,27-,28-,29-,30-,31-,32-/m0/s1. The normalized spacial score (nSPS) is 14.2. The Kier molecular flexibility index (Phi) is 31.4. The average Bonchev–Trinajstić information content (AvgIpc) is 3.38. The third-order valence-corrected chi connectivity index (χ3v) is 11.3. The number of hydrogen-bond acceptors (Lipinski definition) is 18. The maximum Gasteiger partial charge on any atom is 0.326 e. The van der Waals surface area contributed by atoms with Crippen molar-refractivity contribution in [2.75, 3.05) is 38.6 Å². The number of aliphatic carboxylic acids is 1. The van der Waals surface area contributed by atoms with Gasteiger partial charge in [-0.2, -0.15) is 12.6 Å². The second kappa shape index (κ2) is 36.0. The lowest BCUT2D eigenvalue weighted by Gasteiger charge is -2.26. The van der Waals surface area contributed by atoms with Crippen molar-refractivity contribution in [2.24, 2.45) is 39.6 Å². The maximum absolute atomic E-state index is 13.5. The van der Waals surface area contributed by atoms with E-state index in [2.05, 4.69) is 70.8 Å². The molecule has 0 heterocycles. The van der Waals surface area contributed by atoms with Gasteiger partial charge in [0.2, 0.25) is 70.9 Å². The van der Waals surface area contributed by atoms with E-state index in [1.807, 2.05) is 0 Å². The SMILES string of the molecule is CC(C)C[C@H](NC(=O)CNC(=O)[C@H](CO)NC(=O)[C@H](CCC(N)=O)NC(=O)[C@H](C)N)C(=O)NCC(=O)N[C@@H](CS)C(=O)N[C@@H](CC(N)=O)C(=O)N[C@@H](CO)C(=O)N[C@@H](Cc1ccccc1)C(=O)N[C@@H](CCCN=C(N)N)C(=O)O. The van der Waals surface area contributed by atoms with E-state index in [1.54, 1.807) is 44.2 Å². The predicted molar refractivity (Wildman–Crippen MR) is 283 cm³/mol. The summed E-state index contributed by atoms with van der Waals surface area (Å²) in [6.07, 6.45) is -1.63. The molecule has 0 saturated carbocycles. The summed E-state index contributed by atoms with van der Waals surface area (Å²) < 4.78 is 0. The minimum atomic E-state index is -1.84. The molecule has 1 rings (SSSR count). The third-order valence-electron chi connectivity index (χ3n) is 10.9. The van der Waals surface area contributed by atoms with Crippen LogP contribution in [0.25, 0.3) is 0 Å². The van der Waals surface area contributed by atoms with Gasteiger partial charge in [0.05, 0.1) is 38.8 Å². The lowest BCUT2D eigenvalue weighted by atomic mass is 10.0. The Morgan fingerprint density at radius 2 is 1.00 bits per heavy atom. The van der Waals surface area contributed by atoms with E-state index in [4.69, 9.17) is 28.7 Å². The van der Waals surface area contributed by atoms with Crippen LogP contribution in [0.5, 0.6) is 0 Å². The molecule has 79 heavy (non-hydrogen) atoms. The highest BCUT2D eigenvalue weighted by Gasteiger charge is 2.34. The van der Waals surface area contributed by atoms with Crippen LogP contribution in [0.1, 0.15) is 64.9 Å². The number of rotatable bonds is 37. The molecule has 32 nitrogen and oxygen atoms in total. The van der Waals surface area contributed by atoms with Gasteiger partial charge in [-0.3, -0.25) is 62.5 Å². The minimum Gasteiger partial charge on any atom is -0.480 e. The highest BCUT2D eigenvalue weighted by Crippen LogP contribution is 2.08. The third kappa shape index (κ3) is 27.6. The van der Waals surface area contributed by atoms with Crippen LogP contribution in [-0.4, -0.2) is 191 Å². The zero-order chi connectivity index (χ0) is 59.9. The Hall–Kier alpha value is -8.17. The van der Waals surface area contributed by atoms with Gasteiger partial charge in [-0.05, 0) is 44.1 Å². The molecule has 0 aliphatic heterocycles. The number of carboxylic acid groups (broad SMARTS) is 1. The number of aliphatic imine (C=N–C) groups is 1. The summed E-state index contributed by atoms with van der Waals surface area (Å²) in [7, 11) is 0. The Labute approximate surface area is 459 Å². The number of carboxylic acids is 1. The molecule has 0 aliphatic carbocycles. The van der Waals surface area contributed by atoms with E-state index in [1.165, 1.54) is 6.92 Å². The van der Waals surface area contributed by atoms with Gasteiger partial charge in [-0.15, -0.1) is 0 Å². The number of hydrogen-bond donors (Lipinski definition) is 19. The van der Waals surface area contributed by atoms with E-state index in [0.717, 1.165) is 0 Å². The monoisotopic (exact) mass is 1140 g/mol. The van der Waals surface area contributed by atoms with Crippen LogP contribution in [0, 0.1) is 5.92 Å². The van der Waals surface area contributed by atoms with Crippen molar-refractivity contribution >= 4 is 95.4 Å². The number of benzene rings is 1. The van der Waals surface area contributed by atoms with E-state index >= 15 is 0 Å². The van der Waals surface area contributed by atoms with Crippen molar-refractivity contribution in [3.63, 3.8) is 0 Å². The molecule has 0 aliphatic rings. The molecule has 12 amide bonds. The van der Waals surface area contributed by atoms with Gasteiger partial charge in [0.15, 0.2) is 5.96 Å².